The number of benzene rings is 1. The van der Waals surface area contributed by atoms with E-state index < -0.39 is 0 Å². The lowest BCUT2D eigenvalue weighted by Crippen LogP contribution is -2.39. The topological polar surface area (TPSA) is 90.6 Å². The number of carbonyl (C=O) groups excluding carboxylic acids is 1. The number of hydrogen-bond donors (Lipinski definition) is 3. The summed E-state index contributed by atoms with van der Waals surface area (Å²) in [6.45, 7) is 1.97. The predicted octanol–water partition coefficient (Wildman–Crippen LogP) is 1.85. The highest BCUT2D eigenvalue weighted by atomic mass is 16.2. The molecular weight excluding hydrogens is 304 g/mol. The maximum Gasteiger partial charge on any atom is 0.252 e. The van der Waals surface area contributed by atoms with Gasteiger partial charge in [0.25, 0.3) is 5.91 Å². The van der Waals surface area contributed by atoms with Gasteiger partial charge in [-0.2, -0.15) is 5.10 Å². The predicted molar refractivity (Wildman–Crippen MR) is 91.2 cm³/mol. The summed E-state index contributed by atoms with van der Waals surface area (Å²) in [7, 11) is 0. The summed E-state index contributed by atoms with van der Waals surface area (Å²) >= 11 is 0. The molecule has 1 aromatic carbocycles. The fourth-order valence-corrected chi connectivity index (χ4v) is 3.35. The van der Waals surface area contributed by atoms with Crippen LogP contribution in [-0.2, 0) is 12.8 Å². The maximum atomic E-state index is 12.8. The van der Waals surface area contributed by atoms with Crippen LogP contribution in [0.1, 0.15) is 33.6 Å². The molecule has 0 unspecified atom stereocenters. The first-order chi connectivity index (χ1) is 11.6. The number of H-pyrrole nitrogens is 2. The molecule has 0 bridgehead atoms. The van der Waals surface area contributed by atoms with Crippen LogP contribution in [0, 0.1) is 6.92 Å². The summed E-state index contributed by atoms with van der Waals surface area (Å²) in [5.74, 6) is -0.204. The fraction of sp³-hybridized carbons (Fsp3) is 0.278. The van der Waals surface area contributed by atoms with Gasteiger partial charge >= 0.3 is 0 Å². The molecule has 0 saturated carbocycles. The smallest absolute Gasteiger partial charge is 0.252 e. The zero-order chi connectivity index (χ0) is 16.7. The summed E-state index contributed by atoms with van der Waals surface area (Å²) in [5, 5.41) is 10.9. The fourth-order valence-electron chi connectivity index (χ4n) is 3.35. The zero-order valence-corrected chi connectivity index (χ0v) is 13.3. The molecule has 2 heterocycles. The van der Waals surface area contributed by atoms with Crippen LogP contribution >= 0.6 is 0 Å². The summed E-state index contributed by atoms with van der Waals surface area (Å²) < 4.78 is 0. The number of fused-ring (bicyclic) bond motifs is 2. The SMILES string of the molecule is Cc1ccc2[nH]c(=O)cc(C(=O)N[C@@H]3CCc4cn[nH]c4C3)c2c1. The molecule has 0 fully saturated rings. The van der Waals surface area contributed by atoms with E-state index in [9.17, 15) is 9.59 Å². The van der Waals surface area contributed by atoms with Crippen LogP contribution in [0.4, 0.5) is 0 Å². The Morgan fingerprint density at radius 1 is 1.33 bits per heavy atom. The lowest BCUT2D eigenvalue weighted by molar-refractivity contribution is 0.0935. The minimum absolute atomic E-state index is 0.0459. The van der Waals surface area contributed by atoms with Gasteiger partial charge < -0.3 is 10.3 Å². The van der Waals surface area contributed by atoms with E-state index in [2.05, 4.69) is 20.5 Å². The number of pyridine rings is 1. The molecule has 24 heavy (non-hydrogen) atoms. The van der Waals surface area contributed by atoms with Gasteiger partial charge in [0.2, 0.25) is 5.56 Å². The Kier molecular flexibility index (Phi) is 3.45. The van der Waals surface area contributed by atoms with E-state index in [0.29, 0.717) is 11.1 Å². The van der Waals surface area contributed by atoms with Crippen LogP contribution in [0.2, 0.25) is 0 Å². The number of carbonyl (C=O) groups is 1. The quantitative estimate of drug-likeness (QED) is 0.672. The molecule has 6 nitrogen and oxygen atoms in total. The molecule has 0 saturated heterocycles. The second-order valence-corrected chi connectivity index (χ2v) is 6.38. The highest BCUT2D eigenvalue weighted by Crippen LogP contribution is 2.21. The number of rotatable bonds is 2. The molecule has 1 aliphatic carbocycles. The Hall–Kier alpha value is -2.89. The van der Waals surface area contributed by atoms with E-state index >= 15 is 0 Å². The first-order valence-electron chi connectivity index (χ1n) is 8.06. The average molecular weight is 322 g/mol. The summed E-state index contributed by atoms with van der Waals surface area (Å²) in [4.78, 5) is 27.4. The van der Waals surface area contributed by atoms with Gasteiger partial charge in [0.05, 0.1) is 11.8 Å². The largest absolute Gasteiger partial charge is 0.349 e. The Labute approximate surface area is 138 Å². The van der Waals surface area contributed by atoms with Gasteiger partial charge in [0, 0.05) is 35.1 Å². The molecule has 1 amide bonds. The van der Waals surface area contributed by atoms with Crippen LogP contribution in [0.15, 0.2) is 35.3 Å². The Morgan fingerprint density at radius 2 is 2.21 bits per heavy atom. The van der Waals surface area contributed by atoms with Gasteiger partial charge in [-0.15, -0.1) is 0 Å². The zero-order valence-electron chi connectivity index (χ0n) is 13.3. The highest BCUT2D eigenvalue weighted by Gasteiger charge is 2.23. The molecule has 6 heteroatoms. The van der Waals surface area contributed by atoms with Crippen LogP contribution in [-0.4, -0.2) is 27.1 Å². The number of hydrogen-bond acceptors (Lipinski definition) is 3. The minimum Gasteiger partial charge on any atom is -0.349 e. The van der Waals surface area contributed by atoms with E-state index in [1.165, 1.54) is 11.6 Å². The number of aromatic amines is 2. The third kappa shape index (κ3) is 2.60. The summed E-state index contributed by atoms with van der Waals surface area (Å²) in [6, 6.07) is 7.10. The van der Waals surface area contributed by atoms with Crippen molar-refractivity contribution in [2.45, 2.75) is 32.2 Å². The third-order valence-corrected chi connectivity index (χ3v) is 4.60. The van der Waals surface area contributed by atoms with Crippen molar-refractivity contribution in [2.75, 3.05) is 0 Å². The standard InChI is InChI=1S/C18H18N4O2/c1-10-2-5-15-13(6-10)14(8-17(23)21-15)18(24)20-12-4-3-11-9-19-22-16(11)7-12/h2,5-6,8-9,12H,3-4,7H2,1H3,(H,19,22)(H,20,24)(H,21,23)/t12-/m1/s1. The summed E-state index contributed by atoms with van der Waals surface area (Å²) in [5.41, 5.74) is 4.18. The van der Waals surface area contributed by atoms with Crippen molar-refractivity contribution < 1.29 is 4.79 Å². The van der Waals surface area contributed by atoms with Gasteiger partial charge in [-0.25, -0.2) is 0 Å². The maximum absolute atomic E-state index is 12.8. The summed E-state index contributed by atoms with van der Waals surface area (Å²) in [6.07, 6.45) is 4.35. The van der Waals surface area contributed by atoms with Gasteiger partial charge in [-0.3, -0.25) is 14.7 Å². The first-order valence-corrected chi connectivity index (χ1v) is 8.06. The Bertz CT molecular complexity index is 986. The second-order valence-electron chi connectivity index (χ2n) is 6.38. The van der Waals surface area contributed by atoms with Crippen LogP contribution < -0.4 is 10.9 Å². The molecular formula is C18H18N4O2. The molecule has 1 aliphatic rings. The monoisotopic (exact) mass is 322 g/mol. The molecule has 1 atom stereocenters. The molecule has 0 radical (unpaired) electrons. The van der Waals surface area contributed by atoms with Gasteiger partial charge in [-0.05, 0) is 37.5 Å². The van der Waals surface area contributed by atoms with Crippen molar-refractivity contribution in [2.24, 2.45) is 0 Å². The Morgan fingerprint density at radius 3 is 3.08 bits per heavy atom. The molecule has 3 N–H and O–H groups in total. The molecule has 0 aliphatic heterocycles. The number of amides is 1. The van der Waals surface area contributed by atoms with Crippen LogP contribution in [0.25, 0.3) is 10.9 Å². The lowest BCUT2D eigenvalue weighted by atomic mass is 9.93. The van der Waals surface area contributed by atoms with Crippen LogP contribution in [0.3, 0.4) is 0 Å². The molecule has 0 spiro atoms. The second kappa shape index (κ2) is 5.63. The normalized spacial score (nSPS) is 16.8. The lowest BCUT2D eigenvalue weighted by Gasteiger charge is -2.23. The molecule has 2 aromatic heterocycles. The van der Waals surface area contributed by atoms with E-state index in [1.807, 2.05) is 31.3 Å². The van der Waals surface area contributed by atoms with Crippen LogP contribution in [0.5, 0.6) is 0 Å². The van der Waals surface area contributed by atoms with E-state index in [-0.39, 0.29) is 17.5 Å². The number of nitrogens with zero attached hydrogens (tertiary/aromatic N) is 1. The number of aromatic nitrogens is 3. The Balaban J connectivity index is 1.64. The first kappa shape index (κ1) is 14.7. The minimum atomic E-state index is -0.268. The third-order valence-electron chi connectivity index (χ3n) is 4.60. The van der Waals surface area contributed by atoms with E-state index in [0.717, 1.165) is 35.9 Å². The average Bonchev–Trinajstić information content (AvgIpc) is 3.02. The van der Waals surface area contributed by atoms with E-state index in [1.54, 1.807) is 0 Å². The van der Waals surface area contributed by atoms with Crippen molar-refractivity contribution in [3.05, 3.63) is 63.2 Å². The number of aryl methyl sites for hydroxylation is 2. The molecule has 4 rings (SSSR count). The van der Waals surface area contributed by atoms with Gasteiger partial charge in [0.15, 0.2) is 0 Å². The van der Waals surface area contributed by atoms with Crippen molar-refractivity contribution in [1.29, 1.82) is 0 Å². The van der Waals surface area contributed by atoms with Gasteiger partial charge in [-0.1, -0.05) is 11.6 Å². The van der Waals surface area contributed by atoms with Crippen molar-refractivity contribution >= 4 is 16.8 Å². The van der Waals surface area contributed by atoms with Crippen molar-refractivity contribution in [3.63, 3.8) is 0 Å². The van der Waals surface area contributed by atoms with Crippen molar-refractivity contribution in [1.82, 2.24) is 20.5 Å². The number of nitrogens with one attached hydrogen (secondary N) is 3. The van der Waals surface area contributed by atoms with E-state index in [4.69, 9.17) is 0 Å². The highest BCUT2D eigenvalue weighted by molar-refractivity contribution is 6.06. The molecule has 122 valence electrons. The molecule has 3 aromatic rings. The van der Waals surface area contributed by atoms with Crippen molar-refractivity contribution in [3.8, 4) is 0 Å². The van der Waals surface area contributed by atoms with Gasteiger partial charge in [0.1, 0.15) is 0 Å².